The molecule has 3 rings (SSSR count). The number of hydrogen-bond acceptors (Lipinski definition) is 4. The summed E-state index contributed by atoms with van der Waals surface area (Å²) in [6, 6.07) is 6.34. The fraction of sp³-hybridized carbons (Fsp3) is 0.625. The summed E-state index contributed by atoms with van der Waals surface area (Å²) < 4.78 is 0. The highest BCUT2D eigenvalue weighted by molar-refractivity contribution is 5.85. The zero-order chi connectivity index (χ0) is 14.5. The zero-order valence-electron chi connectivity index (χ0n) is 13.2. The van der Waals surface area contributed by atoms with E-state index in [0.717, 1.165) is 57.7 Å². The van der Waals surface area contributed by atoms with Crippen molar-refractivity contribution >= 4 is 36.5 Å². The maximum Gasteiger partial charge on any atom is 0.223 e. The molecule has 2 saturated heterocycles. The van der Waals surface area contributed by atoms with Gasteiger partial charge in [-0.05, 0) is 50.9 Å². The number of halogens is 2. The largest absolute Gasteiger partial charge is 0.356 e. The number of amides is 1. The van der Waals surface area contributed by atoms with Crippen molar-refractivity contribution in [3.05, 3.63) is 24.4 Å². The summed E-state index contributed by atoms with van der Waals surface area (Å²) in [6.07, 6.45) is 5.79. The minimum absolute atomic E-state index is 0. The second-order valence-electron chi connectivity index (χ2n) is 5.98. The number of carbonyl (C=O) groups is 1. The number of piperidine rings is 2. The third-order valence-corrected chi connectivity index (χ3v) is 4.52. The van der Waals surface area contributed by atoms with Gasteiger partial charge in [0, 0.05) is 31.2 Å². The Morgan fingerprint density at radius 2 is 1.83 bits per heavy atom. The first-order chi connectivity index (χ1) is 10.3. The van der Waals surface area contributed by atoms with Gasteiger partial charge in [-0.25, -0.2) is 4.98 Å². The Morgan fingerprint density at radius 3 is 2.43 bits per heavy atom. The Labute approximate surface area is 150 Å². The highest BCUT2D eigenvalue weighted by Gasteiger charge is 2.25. The van der Waals surface area contributed by atoms with Crippen molar-refractivity contribution in [3.8, 4) is 0 Å². The molecule has 1 aromatic heterocycles. The fourth-order valence-corrected chi connectivity index (χ4v) is 3.20. The Hall–Kier alpha value is -1.04. The molecule has 0 bridgehead atoms. The number of pyridine rings is 1. The highest BCUT2D eigenvalue weighted by Crippen LogP contribution is 2.18. The van der Waals surface area contributed by atoms with Crippen molar-refractivity contribution in [3.63, 3.8) is 0 Å². The Morgan fingerprint density at radius 1 is 1.13 bits per heavy atom. The third kappa shape index (κ3) is 5.52. The van der Waals surface area contributed by atoms with E-state index in [0.29, 0.717) is 6.04 Å². The molecule has 2 N–H and O–H groups in total. The Kier molecular flexibility index (Phi) is 8.66. The van der Waals surface area contributed by atoms with Crippen LogP contribution in [0.3, 0.4) is 0 Å². The number of aromatic nitrogens is 1. The average molecular weight is 361 g/mol. The molecular formula is C16H26Cl2N4O. The molecule has 0 saturated carbocycles. The van der Waals surface area contributed by atoms with Crippen LogP contribution in [0.2, 0.25) is 0 Å². The molecule has 23 heavy (non-hydrogen) atoms. The van der Waals surface area contributed by atoms with Crippen LogP contribution in [0.15, 0.2) is 24.4 Å². The van der Waals surface area contributed by atoms with Crippen molar-refractivity contribution in [2.45, 2.75) is 31.7 Å². The standard InChI is InChI=1S/C16H24N4O.2ClH/c21-16(13-4-9-17-10-5-13)19-14-6-11-20(12-7-14)15-3-1-2-8-18-15;;/h1-3,8,13-14,17H,4-7,9-12H2,(H,19,21);2*1H. The van der Waals surface area contributed by atoms with E-state index in [2.05, 4.69) is 20.5 Å². The zero-order valence-corrected chi connectivity index (χ0v) is 14.9. The molecule has 1 aromatic rings. The monoisotopic (exact) mass is 360 g/mol. The molecule has 5 nitrogen and oxygen atoms in total. The molecule has 0 aromatic carbocycles. The number of nitrogens with zero attached hydrogens (tertiary/aromatic N) is 2. The molecule has 0 spiro atoms. The molecule has 0 aliphatic carbocycles. The second kappa shape index (κ2) is 9.96. The van der Waals surface area contributed by atoms with Crippen LogP contribution in [0.25, 0.3) is 0 Å². The van der Waals surface area contributed by atoms with E-state index >= 15 is 0 Å². The van der Waals surface area contributed by atoms with Gasteiger partial charge in [0.05, 0.1) is 0 Å². The maximum atomic E-state index is 12.3. The van der Waals surface area contributed by atoms with Crippen LogP contribution in [0, 0.1) is 5.92 Å². The predicted octanol–water partition coefficient (Wildman–Crippen LogP) is 2.01. The molecule has 3 heterocycles. The molecule has 130 valence electrons. The molecule has 2 aliphatic heterocycles. The predicted molar refractivity (Wildman–Crippen MR) is 97.7 cm³/mol. The summed E-state index contributed by atoms with van der Waals surface area (Å²) in [7, 11) is 0. The van der Waals surface area contributed by atoms with E-state index in [1.165, 1.54) is 0 Å². The van der Waals surface area contributed by atoms with Crippen LogP contribution in [0.4, 0.5) is 5.82 Å². The van der Waals surface area contributed by atoms with Gasteiger partial charge in [0.1, 0.15) is 5.82 Å². The molecular weight excluding hydrogens is 335 g/mol. The van der Waals surface area contributed by atoms with Gasteiger partial charge in [0.25, 0.3) is 0 Å². The molecule has 0 atom stereocenters. The van der Waals surface area contributed by atoms with E-state index < -0.39 is 0 Å². The molecule has 1 amide bonds. The van der Waals surface area contributed by atoms with Crippen molar-refractivity contribution in [1.29, 1.82) is 0 Å². The Bertz CT molecular complexity index is 460. The van der Waals surface area contributed by atoms with Gasteiger partial charge in [-0.15, -0.1) is 24.8 Å². The van der Waals surface area contributed by atoms with Crippen molar-refractivity contribution < 1.29 is 4.79 Å². The van der Waals surface area contributed by atoms with Gasteiger partial charge in [-0.3, -0.25) is 4.79 Å². The van der Waals surface area contributed by atoms with Crippen LogP contribution < -0.4 is 15.5 Å². The summed E-state index contributed by atoms with van der Waals surface area (Å²) in [5, 5.41) is 6.55. The SMILES string of the molecule is Cl.Cl.O=C(NC1CCN(c2ccccn2)CC1)C1CCNCC1. The lowest BCUT2D eigenvalue weighted by Gasteiger charge is -2.34. The van der Waals surface area contributed by atoms with Gasteiger partial charge in [0.15, 0.2) is 0 Å². The van der Waals surface area contributed by atoms with E-state index in [-0.39, 0.29) is 36.6 Å². The van der Waals surface area contributed by atoms with Gasteiger partial charge >= 0.3 is 0 Å². The minimum Gasteiger partial charge on any atom is -0.356 e. The van der Waals surface area contributed by atoms with Crippen LogP contribution in [0.1, 0.15) is 25.7 Å². The Balaban J connectivity index is 0.00000132. The molecule has 2 aliphatic rings. The lowest BCUT2D eigenvalue weighted by atomic mass is 9.96. The number of anilines is 1. The van der Waals surface area contributed by atoms with Crippen LogP contribution in [-0.2, 0) is 4.79 Å². The van der Waals surface area contributed by atoms with E-state index in [1.807, 2.05) is 24.4 Å². The smallest absolute Gasteiger partial charge is 0.223 e. The van der Waals surface area contributed by atoms with Gasteiger partial charge in [-0.1, -0.05) is 6.07 Å². The molecule has 7 heteroatoms. The summed E-state index contributed by atoms with van der Waals surface area (Å²) in [5.41, 5.74) is 0. The quantitative estimate of drug-likeness (QED) is 0.865. The van der Waals surface area contributed by atoms with E-state index in [9.17, 15) is 4.79 Å². The normalized spacial score (nSPS) is 19.4. The summed E-state index contributed by atoms with van der Waals surface area (Å²) in [6.45, 7) is 3.87. The van der Waals surface area contributed by atoms with Crippen molar-refractivity contribution in [2.24, 2.45) is 5.92 Å². The lowest BCUT2D eigenvalue weighted by Crippen LogP contribution is -2.47. The third-order valence-electron chi connectivity index (χ3n) is 4.52. The summed E-state index contributed by atoms with van der Waals surface area (Å²) in [5.74, 6) is 1.51. The van der Waals surface area contributed by atoms with Crippen LogP contribution >= 0.6 is 24.8 Å². The van der Waals surface area contributed by atoms with Crippen molar-refractivity contribution in [2.75, 3.05) is 31.1 Å². The average Bonchev–Trinajstić information content (AvgIpc) is 2.57. The molecule has 2 fully saturated rings. The summed E-state index contributed by atoms with van der Waals surface area (Å²) >= 11 is 0. The first-order valence-corrected chi connectivity index (χ1v) is 8.00. The topological polar surface area (TPSA) is 57.3 Å². The first-order valence-electron chi connectivity index (χ1n) is 8.00. The first kappa shape index (κ1) is 20.0. The highest BCUT2D eigenvalue weighted by atomic mass is 35.5. The maximum absolute atomic E-state index is 12.3. The second-order valence-corrected chi connectivity index (χ2v) is 5.98. The van der Waals surface area contributed by atoms with Gasteiger partial charge in [0.2, 0.25) is 5.91 Å². The van der Waals surface area contributed by atoms with Crippen LogP contribution in [0.5, 0.6) is 0 Å². The number of hydrogen-bond donors (Lipinski definition) is 2. The van der Waals surface area contributed by atoms with Gasteiger partial charge in [-0.2, -0.15) is 0 Å². The van der Waals surface area contributed by atoms with E-state index in [1.54, 1.807) is 0 Å². The number of nitrogens with one attached hydrogen (secondary N) is 2. The summed E-state index contributed by atoms with van der Waals surface area (Å²) in [4.78, 5) is 18.9. The molecule has 0 radical (unpaired) electrons. The number of carbonyl (C=O) groups excluding carboxylic acids is 1. The molecule has 0 unspecified atom stereocenters. The fourth-order valence-electron chi connectivity index (χ4n) is 3.20. The van der Waals surface area contributed by atoms with Crippen molar-refractivity contribution in [1.82, 2.24) is 15.6 Å². The van der Waals surface area contributed by atoms with Crippen LogP contribution in [-0.4, -0.2) is 43.1 Å². The number of rotatable bonds is 3. The van der Waals surface area contributed by atoms with Gasteiger partial charge < -0.3 is 15.5 Å². The lowest BCUT2D eigenvalue weighted by molar-refractivity contribution is -0.126. The van der Waals surface area contributed by atoms with E-state index in [4.69, 9.17) is 0 Å². The minimum atomic E-state index is 0.